The molecule has 2 unspecified atom stereocenters. The summed E-state index contributed by atoms with van der Waals surface area (Å²) in [6, 6.07) is 3.69. The maximum absolute atomic E-state index is 13.8. The summed E-state index contributed by atoms with van der Waals surface area (Å²) in [6.45, 7) is 1.85. The molecule has 4 nitrogen and oxygen atoms in total. The highest BCUT2D eigenvalue weighted by atomic mass is 19.1. The van der Waals surface area contributed by atoms with E-state index in [1.807, 2.05) is 0 Å². The smallest absolute Gasteiger partial charge is 0.237 e. The number of carbonyl (C=O) groups excluding carboxylic acids is 1. The van der Waals surface area contributed by atoms with Crippen LogP contribution in [0.25, 0.3) is 0 Å². The van der Waals surface area contributed by atoms with Gasteiger partial charge in [0.15, 0.2) is 0 Å². The van der Waals surface area contributed by atoms with Gasteiger partial charge in [0, 0.05) is 19.1 Å². The van der Waals surface area contributed by atoms with Crippen LogP contribution in [-0.4, -0.2) is 37.6 Å². The number of hydrogen-bond acceptors (Lipinski definition) is 3. The maximum atomic E-state index is 13.8. The fraction of sp³-hybridized carbons (Fsp3) is 0.533. The molecular formula is C15H19F2N3O. The van der Waals surface area contributed by atoms with E-state index < -0.39 is 11.6 Å². The molecule has 1 aromatic carbocycles. The van der Waals surface area contributed by atoms with Gasteiger partial charge in [-0.05, 0) is 37.9 Å². The number of nitrogens with one attached hydrogen (secondary N) is 2. The third-order valence-corrected chi connectivity index (χ3v) is 4.17. The Kier molecular flexibility index (Phi) is 4.05. The SMILES string of the molecule is O=C(NC1CCN(c2c(F)cccc2F)C1)C1CCCN1. The second kappa shape index (κ2) is 5.97. The first-order valence-electron chi connectivity index (χ1n) is 7.38. The zero-order valence-corrected chi connectivity index (χ0v) is 11.7. The summed E-state index contributed by atoms with van der Waals surface area (Å²) in [7, 11) is 0. The van der Waals surface area contributed by atoms with E-state index in [0.717, 1.165) is 19.4 Å². The molecule has 1 amide bonds. The molecule has 0 aromatic heterocycles. The Balaban J connectivity index is 1.61. The Bertz CT molecular complexity index is 511. The van der Waals surface area contributed by atoms with Crippen LogP contribution >= 0.6 is 0 Å². The highest BCUT2D eigenvalue weighted by Crippen LogP contribution is 2.26. The first kappa shape index (κ1) is 14.3. The Hall–Kier alpha value is -1.69. The van der Waals surface area contributed by atoms with Gasteiger partial charge in [0.05, 0.1) is 6.04 Å². The van der Waals surface area contributed by atoms with E-state index in [2.05, 4.69) is 10.6 Å². The number of halogens is 2. The molecule has 0 bridgehead atoms. The minimum Gasteiger partial charge on any atom is -0.365 e. The molecule has 1 aromatic rings. The summed E-state index contributed by atoms with van der Waals surface area (Å²) in [6.07, 6.45) is 2.56. The van der Waals surface area contributed by atoms with Crippen LogP contribution in [0.15, 0.2) is 18.2 Å². The number of nitrogens with zero attached hydrogens (tertiary/aromatic N) is 1. The quantitative estimate of drug-likeness (QED) is 0.886. The predicted molar refractivity (Wildman–Crippen MR) is 76.1 cm³/mol. The number of benzene rings is 1. The van der Waals surface area contributed by atoms with Crippen molar-refractivity contribution in [1.29, 1.82) is 0 Å². The maximum Gasteiger partial charge on any atom is 0.237 e. The zero-order chi connectivity index (χ0) is 14.8. The van der Waals surface area contributed by atoms with Gasteiger partial charge < -0.3 is 15.5 Å². The summed E-state index contributed by atoms with van der Waals surface area (Å²) < 4.78 is 27.5. The summed E-state index contributed by atoms with van der Waals surface area (Å²) >= 11 is 0. The molecule has 21 heavy (non-hydrogen) atoms. The fourth-order valence-corrected chi connectivity index (χ4v) is 3.08. The van der Waals surface area contributed by atoms with Gasteiger partial charge >= 0.3 is 0 Å². The summed E-state index contributed by atoms with van der Waals surface area (Å²) in [5.74, 6) is -1.12. The topological polar surface area (TPSA) is 44.4 Å². The third-order valence-electron chi connectivity index (χ3n) is 4.17. The first-order valence-corrected chi connectivity index (χ1v) is 7.38. The van der Waals surface area contributed by atoms with E-state index in [1.165, 1.54) is 18.2 Å². The normalized spacial score (nSPS) is 25.3. The third kappa shape index (κ3) is 3.00. The molecule has 2 aliphatic rings. The number of anilines is 1. The van der Waals surface area contributed by atoms with E-state index in [1.54, 1.807) is 4.90 Å². The number of para-hydroxylation sites is 1. The lowest BCUT2D eigenvalue weighted by molar-refractivity contribution is -0.123. The van der Waals surface area contributed by atoms with Gasteiger partial charge in [-0.3, -0.25) is 4.79 Å². The lowest BCUT2D eigenvalue weighted by Crippen LogP contribution is -2.46. The number of amides is 1. The van der Waals surface area contributed by atoms with Gasteiger partial charge in [0.2, 0.25) is 5.91 Å². The molecular weight excluding hydrogens is 276 g/mol. The molecule has 0 aliphatic carbocycles. The second-order valence-electron chi connectivity index (χ2n) is 5.66. The molecule has 2 saturated heterocycles. The van der Waals surface area contributed by atoms with Gasteiger partial charge in [-0.2, -0.15) is 0 Å². The average Bonchev–Trinajstić information content (AvgIpc) is 3.10. The summed E-state index contributed by atoms with van der Waals surface area (Å²) in [4.78, 5) is 13.7. The van der Waals surface area contributed by atoms with Crippen LogP contribution in [-0.2, 0) is 4.79 Å². The van der Waals surface area contributed by atoms with Crippen molar-refractivity contribution in [2.75, 3.05) is 24.5 Å². The summed E-state index contributed by atoms with van der Waals surface area (Å²) in [5.41, 5.74) is 0.00763. The van der Waals surface area contributed by atoms with Crippen LogP contribution < -0.4 is 15.5 Å². The Labute approximate surface area is 122 Å². The predicted octanol–water partition coefficient (Wildman–Crippen LogP) is 1.41. The molecule has 0 spiro atoms. The van der Waals surface area contributed by atoms with Gasteiger partial charge in [-0.25, -0.2) is 8.78 Å². The minimum absolute atomic E-state index is 0.00615. The molecule has 3 rings (SSSR count). The van der Waals surface area contributed by atoms with Gasteiger partial charge in [0.1, 0.15) is 17.3 Å². The molecule has 0 radical (unpaired) electrons. The van der Waals surface area contributed by atoms with E-state index in [4.69, 9.17) is 0 Å². The first-order chi connectivity index (χ1) is 10.1. The van der Waals surface area contributed by atoms with Gasteiger partial charge in [0.25, 0.3) is 0 Å². The van der Waals surface area contributed by atoms with Crippen molar-refractivity contribution in [1.82, 2.24) is 10.6 Å². The standard InChI is InChI=1S/C15H19F2N3O/c16-11-3-1-4-12(17)14(11)20-8-6-10(9-20)19-15(21)13-5-2-7-18-13/h1,3-4,10,13,18H,2,5-9H2,(H,19,21). The summed E-state index contributed by atoms with van der Waals surface area (Å²) in [5, 5.41) is 6.12. The highest BCUT2D eigenvalue weighted by Gasteiger charge is 2.30. The van der Waals surface area contributed by atoms with Crippen LogP contribution in [0.3, 0.4) is 0 Å². The second-order valence-corrected chi connectivity index (χ2v) is 5.66. The molecule has 0 saturated carbocycles. The average molecular weight is 295 g/mol. The van der Waals surface area contributed by atoms with E-state index in [0.29, 0.717) is 19.5 Å². The van der Waals surface area contributed by atoms with Crippen molar-refractivity contribution >= 4 is 11.6 Å². The highest BCUT2D eigenvalue weighted by molar-refractivity contribution is 5.82. The van der Waals surface area contributed by atoms with Crippen molar-refractivity contribution in [3.8, 4) is 0 Å². The van der Waals surface area contributed by atoms with Crippen molar-refractivity contribution in [2.24, 2.45) is 0 Å². The van der Waals surface area contributed by atoms with Crippen molar-refractivity contribution < 1.29 is 13.6 Å². The molecule has 114 valence electrons. The van der Waals surface area contributed by atoms with Crippen LogP contribution in [0.1, 0.15) is 19.3 Å². The van der Waals surface area contributed by atoms with E-state index in [-0.39, 0.29) is 23.7 Å². The minimum atomic E-state index is -0.556. The van der Waals surface area contributed by atoms with Gasteiger partial charge in [-0.1, -0.05) is 6.07 Å². The number of rotatable bonds is 3. The van der Waals surface area contributed by atoms with Crippen molar-refractivity contribution in [3.63, 3.8) is 0 Å². The molecule has 6 heteroatoms. The Morgan fingerprint density at radius 2 is 2.05 bits per heavy atom. The lowest BCUT2D eigenvalue weighted by Gasteiger charge is -2.21. The number of carbonyl (C=O) groups is 1. The van der Waals surface area contributed by atoms with Crippen molar-refractivity contribution in [3.05, 3.63) is 29.8 Å². The fourth-order valence-electron chi connectivity index (χ4n) is 3.08. The largest absolute Gasteiger partial charge is 0.365 e. The molecule has 2 atom stereocenters. The molecule has 2 heterocycles. The molecule has 2 aliphatic heterocycles. The Morgan fingerprint density at radius 3 is 2.71 bits per heavy atom. The van der Waals surface area contributed by atoms with E-state index in [9.17, 15) is 13.6 Å². The van der Waals surface area contributed by atoms with Crippen LogP contribution in [0.4, 0.5) is 14.5 Å². The van der Waals surface area contributed by atoms with E-state index >= 15 is 0 Å². The van der Waals surface area contributed by atoms with Gasteiger partial charge in [-0.15, -0.1) is 0 Å². The Morgan fingerprint density at radius 1 is 1.29 bits per heavy atom. The number of hydrogen-bond donors (Lipinski definition) is 2. The molecule has 2 fully saturated rings. The zero-order valence-electron chi connectivity index (χ0n) is 11.7. The van der Waals surface area contributed by atoms with Crippen LogP contribution in [0.2, 0.25) is 0 Å². The lowest BCUT2D eigenvalue weighted by atomic mass is 10.2. The van der Waals surface area contributed by atoms with Crippen molar-refractivity contribution in [2.45, 2.75) is 31.3 Å². The molecule has 2 N–H and O–H groups in total. The monoisotopic (exact) mass is 295 g/mol. The van der Waals surface area contributed by atoms with Crippen LogP contribution in [0, 0.1) is 11.6 Å². The van der Waals surface area contributed by atoms with Crippen LogP contribution in [0.5, 0.6) is 0 Å².